The molecule has 0 heterocycles. The van der Waals surface area contributed by atoms with Crippen molar-refractivity contribution in [2.24, 2.45) is 0 Å². The number of sulfonamides is 1. The van der Waals surface area contributed by atoms with Crippen molar-refractivity contribution < 1.29 is 23.4 Å². The molecule has 0 spiro atoms. The van der Waals surface area contributed by atoms with Crippen molar-refractivity contribution in [2.45, 2.75) is 11.5 Å². The molecule has 21 heavy (non-hydrogen) atoms. The first-order valence-electron chi connectivity index (χ1n) is 5.98. The van der Waals surface area contributed by atoms with E-state index in [-0.39, 0.29) is 17.1 Å². The number of anilines is 1. The number of aliphatic hydroxyl groups is 1. The Morgan fingerprint density at radius 1 is 1.10 bits per heavy atom. The summed E-state index contributed by atoms with van der Waals surface area (Å²) in [6, 6.07) is 11.4. The molecule has 0 bridgehead atoms. The van der Waals surface area contributed by atoms with Crippen molar-refractivity contribution in [3.8, 4) is 0 Å². The van der Waals surface area contributed by atoms with Crippen LogP contribution in [0.3, 0.4) is 0 Å². The average molecular weight is 307 g/mol. The largest absolute Gasteiger partial charge is 0.478 e. The molecule has 3 N–H and O–H groups in total. The molecule has 2 rings (SSSR count). The van der Waals surface area contributed by atoms with Gasteiger partial charge in [0.05, 0.1) is 17.1 Å². The predicted octanol–water partition coefficient (Wildman–Crippen LogP) is 1.68. The maximum Gasteiger partial charge on any atom is 0.335 e. The third-order valence-electron chi connectivity index (χ3n) is 2.75. The maximum absolute atomic E-state index is 12.2. The second kappa shape index (κ2) is 5.94. The van der Waals surface area contributed by atoms with E-state index in [0.29, 0.717) is 11.3 Å². The highest BCUT2D eigenvalue weighted by molar-refractivity contribution is 7.92. The van der Waals surface area contributed by atoms with Gasteiger partial charge in [-0.1, -0.05) is 18.2 Å². The van der Waals surface area contributed by atoms with Gasteiger partial charge >= 0.3 is 5.97 Å². The first-order valence-corrected chi connectivity index (χ1v) is 7.46. The van der Waals surface area contributed by atoms with E-state index in [2.05, 4.69) is 4.72 Å². The lowest BCUT2D eigenvalue weighted by molar-refractivity contribution is 0.0696. The number of carbonyl (C=O) groups is 1. The first-order chi connectivity index (χ1) is 9.92. The second-order valence-electron chi connectivity index (χ2n) is 4.30. The number of aliphatic hydroxyl groups excluding tert-OH is 1. The molecule has 0 fully saturated rings. The molecule has 0 aromatic heterocycles. The molecular weight excluding hydrogens is 294 g/mol. The summed E-state index contributed by atoms with van der Waals surface area (Å²) in [6.07, 6.45) is 0. The minimum Gasteiger partial charge on any atom is -0.478 e. The molecule has 0 aliphatic heterocycles. The number of rotatable bonds is 5. The van der Waals surface area contributed by atoms with Crippen LogP contribution in [-0.2, 0) is 16.6 Å². The van der Waals surface area contributed by atoms with E-state index in [0.717, 1.165) is 6.07 Å². The van der Waals surface area contributed by atoms with Crippen molar-refractivity contribution >= 4 is 21.7 Å². The van der Waals surface area contributed by atoms with E-state index in [1.165, 1.54) is 30.3 Å². The van der Waals surface area contributed by atoms with E-state index >= 15 is 0 Å². The van der Waals surface area contributed by atoms with Crippen molar-refractivity contribution in [2.75, 3.05) is 4.72 Å². The number of benzene rings is 2. The van der Waals surface area contributed by atoms with Gasteiger partial charge in [-0.05, 0) is 35.9 Å². The summed E-state index contributed by atoms with van der Waals surface area (Å²) in [5.41, 5.74) is 0.749. The number of nitrogens with one attached hydrogen (secondary N) is 1. The van der Waals surface area contributed by atoms with Gasteiger partial charge in [0, 0.05) is 5.69 Å². The zero-order chi connectivity index (χ0) is 15.5. The Morgan fingerprint density at radius 3 is 2.48 bits per heavy atom. The highest BCUT2D eigenvalue weighted by Crippen LogP contribution is 2.18. The molecule has 0 unspecified atom stereocenters. The zero-order valence-corrected chi connectivity index (χ0v) is 11.7. The lowest BCUT2D eigenvalue weighted by Crippen LogP contribution is -2.13. The fraction of sp³-hybridized carbons (Fsp3) is 0.0714. The van der Waals surface area contributed by atoms with E-state index < -0.39 is 16.0 Å². The molecule has 0 radical (unpaired) electrons. The molecule has 7 heteroatoms. The van der Waals surface area contributed by atoms with Crippen LogP contribution in [0.4, 0.5) is 5.69 Å². The highest BCUT2D eigenvalue weighted by atomic mass is 32.2. The molecule has 110 valence electrons. The summed E-state index contributed by atoms with van der Waals surface area (Å²) in [7, 11) is -3.89. The fourth-order valence-corrected chi connectivity index (χ4v) is 2.84. The van der Waals surface area contributed by atoms with E-state index in [4.69, 9.17) is 10.2 Å². The van der Waals surface area contributed by atoms with Gasteiger partial charge in [0.25, 0.3) is 10.0 Å². The number of aromatic carboxylic acids is 1. The van der Waals surface area contributed by atoms with Crippen molar-refractivity contribution in [1.29, 1.82) is 0 Å². The number of hydrogen-bond donors (Lipinski definition) is 3. The zero-order valence-electron chi connectivity index (χ0n) is 10.9. The standard InChI is InChI=1S/C14H13NO5S/c16-9-10-3-1-5-12(7-10)15-21(19,20)13-6-2-4-11(8-13)14(17)18/h1-8,15-16H,9H2,(H,17,18). The van der Waals surface area contributed by atoms with Gasteiger partial charge < -0.3 is 10.2 Å². The second-order valence-corrected chi connectivity index (χ2v) is 5.98. The molecule has 0 amide bonds. The molecule has 0 saturated heterocycles. The molecule has 0 aliphatic rings. The van der Waals surface area contributed by atoms with Crippen LogP contribution in [0.5, 0.6) is 0 Å². The minimum absolute atomic E-state index is 0.109. The number of hydrogen-bond acceptors (Lipinski definition) is 4. The van der Waals surface area contributed by atoms with Crippen LogP contribution in [0.25, 0.3) is 0 Å². The molecule has 2 aromatic rings. The SMILES string of the molecule is O=C(O)c1cccc(S(=O)(=O)Nc2cccc(CO)c2)c1. The average Bonchev–Trinajstić information content (AvgIpc) is 2.47. The Balaban J connectivity index is 2.33. The summed E-state index contributed by atoms with van der Waals surface area (Å²) < 4.78 is 26.8. The van der Waals surface area contributed by atoms with Gasteiger partial charge in [0.1, 0.15) is 0 Å². The maximum atomic E-state index is 12.2. The van der Waals surface area contributed by atoms with Crippen LogP contribution in [-0.4, -0.2) is 24.6 Å². The summed E-state index contributed by atoms with van der Waals surface area (Å²) in [6.45, 7) is -0.204. The van der Waals surface area contributed by atoms with Crippen LogP contribution < -0.4 is 4.72 Å². The van der Waals surface area contributed by atoms with Crippen molar-refractivity contribution in [3.63, 3.8) is 0 Å². The topological polar surface area (TPSA) is 104 Å². The first kappa shape index (κ1) is 15.0. The van der Waals surface area contributed by atoms with Crippen LogP contribution in [0, 0.1) is 0 Å². The predicted molar refractivity (Wildman–Crippen MR) is 76.6 cm³/mol. The van der Waals surface area contributed by atoms with Crippen LogP contribution in [0.15, 0.2) is 53.4 Å². The van der Waals surface area contributed by atoms with E-state index in [9.17, 15) is 13.2 Å². The lowest BCUT2D eigenvalue weighted by atomic mass is 10.2. The van der Waals surface area contributed by atoms with Gasteiger partial charge in [-0.2, -0.15) is 0 Å². The Labute approximate surface area is 121 Å². The summed E-state index contributed by atoms with van der Waals surface area (Å²) >= 11 is 0. The minimum atomic E-state index is -3.89. The smallest absolute Gasteiger partial charge is 0.335 e. The van der Waals surface area contributed by atoms with E-state index in [1.54, 1.807) is 12.1 Å². The fourth-order valence-electron chi connectivity index (χ4n) is 1.74. The summed E-state index contributed by atoms with van der Waals surface area (Å²) in [5, 5.41) is 17.9. The summed E-state index contributed by atoms with van der Waals surface area (Å²) in [5.74, 6) is -1.20. The monoisotopic (exact) mass is 307 g/mol. The summed E-state index contributed by atoms with van der Waals surface area (Å²) in [4.78, 5) is 10.7. The lowest BCUT2D eigenvalue weighted by Gasteiger charge is -2.09. The Hall–Kier alpha value is -2.38. The van der Waals surface area contributed by atoms with Gasteiger partial charge in [-0.3, -0.25) is 4.72 Å². The van der Waals surface area contributed by atoms with Gasteiger partial charge in [0.15, 0.2) is 0 Å². The van der Waals surface area contributed by atoms with Crippen LogP contribution >= 0.6 is 0 Å². The van der Waals surface area contributed by atoms with Crippen LogP contribution in [0.2, 0.25) is 0 Å². The Bertz CT molecular complexity index is 770. The Kier molecular flexibility index (Phi) is 4.25. The molecule has 0 atom stereocenters. The van der Waals surface area contributed by atoms with Gasteiger partial charge in [0.2, 0.25) is 0 Å². The molecular formula is C14H13NO5S. The van der Waals surface area contributed by atoms with Gasteiger partial charge in [-0.25, -0.2) is 13.2 Å². The Morgan fingerprint density at radius 2 is 1.81 bits per heavy atom. The third-order valence-corrected chi connectivity index (χ3v) is 4.13. The van der Waals surface area contributed by atoms with Crippen LogP contribution in [0.1, 0.15) is 15.9 Å². The molecule has 0 aliphatic carbocycles. The molecule has 6 nitrogen and oxygen atoms in total. The normalized spacial score (nSPS) is 11.1. The van der Waals surface area contributed by atoms with Crippen molar-refractivity contribution in [3.05, 3.63) is 59.7 Å². The number of carboxylic acids is 1. The quantitative estimate of drug-likeness (QED) is 0.779. The molecule has 2 aromatic carbocycles. The third kappa shape index (κ3) is 3.59. The number of carboxylic acid groups (broad SMARTS) is 1. The highest BCUT2D eigenvalue weighted by Gasteiger charge is 2.16. The van der Waals surface area contributed by atoms with Crippen molar-refractivity contribution in [1.82, 2.24) is 0 Å². The van der Waals surface area contributed by atoms with Gasteiger partial charge in [-0.15, -0.1) is 0 Å². The van der Waals surface area contributed by atoms with E-state index in [1.807, 2.05) is 0 Å². The molecule has 0 saturated carbocycles.